The van der Waals surface area contributed by atoms with Crippen molar-refractivity contribution in [2.45, 2.75) is 46.1 Å². The van der Waals surface area contributed by atoms with E-state index in [1.807, 2.05) is 53.4 Å². The van der Waals surface area contributed by atoms with Crippen LogP contribution in [0.4, 0.5) is 5.69 Å². The SMILES string of the molecule is CCC.COC.COC1=CCCC=C1C.COc1ccc(N2C(=O)CNC[C@@H]2COc2ccc3ccccc3c2)cc1. The van der Waals surface area contributed by atoms with Crippen molar-refractivity contribution in [2.75, 3.05) is 53.0 Å². The largest absolute Gasteiger partial charge is 0.497 e. The Hall–Kier alpha value is -3.81. The maximum atomic E-state index is 12.5. The Morgan fingerprint density at radius 1 is 0.833 bits per heavy atom. The number of amides is 1. The number of nitrogens with one attached hydrogen (secondary N) is 1. The van der Waals surface area contributed by atoms with Gasteiger partial charge in [0.15, 0.2) is 0 Å². The summed E-state index contributed by atoms with van der Waals surface area (Å²) >= 11 is 0. The van der Waals surface area contributed by atoms with Gasteiger partial charge in [-0.2, -0.15) is 0 Å². The van der Waals surface area contributed by atoms with E-state index in [1.165, 1.54) is 23.8 Å². The number of carbonyl (C=O) groups is 1. The Labute approximate surface area is 252 Å². The minimum absolute atomic E-state index is 0.0403. The summed E-state index contributed by atoms with van der Waals surface area (Å²) in [6.07, 6.45) is 7.88. The van der Waals surface area contributed by atoms with Crippen molar-refractivity contribution in [1.82, 2.24) is 5.32 Å². The molecule has 1 aliphatic carbocycles. The van der Waals surface area contributed by atoms with Gasteiger partial charge in [0.25, 0.3) is 0 Å². The number of rotatable bonds is 6. The normalized spacial score (nSPS) is 15.8. The summed E-state index contributed by atoms with van der Waals surface area (Å²) < 4.78 is 20.6. The molecule has 1 amide bonds. The highest BCUT2D eigenvalue weighted by Crippen LogP contribution is 2.25. The number of hydrogen-bond donors (Lipinski definition) is 1. The van der Waals surface area contributed by atoms with Crippen LogP contribution in [-0.2, 0) is 14.3 Å². The molecule has 0 aromatic heterocycles. The molecule has 42 heavy (non-hydrogen) atoms. The van der Waals surface area contributed by atoms with Gasteiger partial charge in [-0.3, -0.25) is 4.79 Å². The number of ether oxygens (including phenoxy) is 4. The molecule has 2 aliphatic rings. The number of piperazine rings is 1. The van der Waals surface area contributed by atoms with Crippen LogP contribution in [0.1, 0.15) is 40.0 Å². The van der Waals surface area contributed by atoms with E-state index in [-0.39, 0.29) is 11.9 Å². The zero-order chi connectivity index (χ0) is 30.7. The summed E-state index contributed by atoms with van der Waals surface area (Å²) in [6.45, 7) is 7.77. The molecule has 0 spiro atoms. The molecule has 3 aromatic carbocycles. The van der Waals surface area contributed by atoms with Gasteiger partial charge in [-0.25, -0.2) is 0 Å². The number of fused-ring (bicyclic) bond motifs is 1. The van der Waals surface area contributed by atoms with Gasteiger partial charge in [0.2, 0.25) is 5.91 Å². The van der Waals surface area contributed by atoms with Gasteiger partial charge in [0, 0.05) is 26.5 Å². The van der Waals surface area contributed by atoms with Gasteiger partial charge in [0.05, 0.1) is 26.8 Å². The molecule has 7 heteroatoms. The van der Waals surface area contributed by atoms with Gasteiger partial charge < -0.3 is 29.2 Å². The zero-order valence-corrected chi connectivity index (χ0v) is 26.3. The summed E-state index contributed by atoms with van der Waals surface area (Å²) in [5.74, 6) is 2.66. The molecule has 228 valence electrons. The lowest BCUT2D eigenvalue weighted by Crippen LogP contribution is -2.57. The summed E-state index contributed by atoms with van der Waals surface area (Å²) in [4.78, 5) is 14.3. The minimum Gasteiger partial charge on any atom is -0.497 e. The van der Waals surface area contributed by atoms with E-state index in [4.69, 9.17) is 14.2 Å². The third-order valence-electron chi connectivity index (χ3n) is 6.36. The maximum absolute atomic E-state index is 12.5. The standard InChI is InChI=1S/C22H22N2O3.C8H12O.C3H8.C2H6O/c1-26-20-10-7-18(8-11-20)24-19(13-23-14-22(24)25)15-27-21-9-6-16-4-2-3-5-17(16)12-21;1-7-5-3-4-6-8(7)9-2;2*1-3-2/h2-12,19,23H,13-15H2,1H3;5-6H,3-4H2,1-2H3;3H2,1-2H3;1-2H3/t19-;;;/m1.../s1. The van der Waals surface area contributed by atoms with Crippen LogP contribution in [0.15, 0.2) is 90.2 Å². The van der Waals surface area contributed by atoms with Gasteiger partial charge >= 0.3 is 0 Å². The van der Waals surface area contributed by atoms with Crippen molar-refractivity contribution in [3.8, 4) is 11.5 Å². The van der Waals surface area contributed by atoms with Gasteiger partial charge in [-0.05, 0) is 78.6 Å². The van der Waals surface area contributed by atoms with Crippen LogP contribution in [0, 0.1) is 0 Å². The van der Waals surface area contributed by atoms with Crippen LogP contribution in [0.2, 0.25) is 0 Å². The zero-order valence-electron chi connectivity index (χ0n) is 26.3. The van der Waals surface area contributed by atoms with Gasteiger partial charge in [0.1, 0.15) is 23.9 Å². The fourth-order valence-electron chi connectivity index (χ4n) is 4.43. The Morgan fingerprint density at radius 2 is 1.45 bits per heavy atom. The minimum atomic E-state index is -0.0777. The second kappa shape index (κ2) is 19.3. The molecule has 0 radical (unpaired) electrons. The number of allylic oxidation sites excluding steroid dienone is 3. The second-order valence-corrected chi connectivity index (χ2v) is 9.92. The Morgan fingerprint density at radius 3 is 2.05 bits per heavy atom. The lowest BCUT2D eigenvalue weighted by atomic mass is 10.1. The Balaban J connectivity index is 0.000000340. The summed E-state index contributed by atoms with van der Waals surface area (Å²) in [6, 6.07) is 21.7. The molecule has 7 nitrogen and oxygen atoms in total. The average Bonchev–Trinajstić information content (AvgIpc) is 3.01. The van der Waals surface area contributed by atoms with E-state index in [0.717, 1.165) is 34.8 Å². The molecule has 1 atom stereocenters. The molecule has 0 bridgehead atoms. The van der Waals surface area contributed by atoms with E-state index < -0.39 is 0 Å². The molecule has 1 fully saturated rings. The van der Waals surface area contributed by atoms with Crippen LogP contribution in [0.5, 0.6) is 11.5 Å². The first-order valence-electron chi connectivity index (χ1n) is 14.5. The van der Waals surface area contributed by atoms with Crippen molar-refractivity contribution in [1.29, 1.82) is 0 Å². The highest BCUT2D eigenvalue weighted by atomic mass is 16.5. The van der Waals surface area contributed by atoms with E-state index in [2.05, 4.69) is 61.2 Å². The van der Waals surface area contributed by atoms with Crippen molar-refractivity contribution >= 4 is 22.4 Å². The van der Waals surface area contributed by atoms with Gasteiger partial charge in [-0.1, -0.05) is 56.7 Å². The van der Waals surface area contributed by atoms with E-state index in [9.17, 15) is 4.79 Å². The molecule has 3 aromatic rings. The average molecular weight is 577 g/mol. The fourth-order valence-corrected chi connectivity index (χ4v) is 4.43. The number of benzene rings is 3. The smallest absolute Gasteiger partial charge is 0.241 e. The third-order valence-corrected chi connectivity index (χ3v) is 6.36. The van der Waals surface area contributed by atoms with Crippen LogP contribution < -0.4 is 19.7 Å². The molecule has 1 heterocycles. The Kier molecular flexibility index (Phi) is 15.8. The molecular formula is C35H48N2O5. The molecule has 5 rings (SSSR count). The first kappa shape index (κ1) is 34.4. The number of hydrogen-bond acceptors (Lipinski definition) is 6. The number of methoxy groups -OCH3 is 3. The van der Waals surface area contributed by atoms with Crippen LogP contribution >= 0.6 is 0 Å². The maximum Gasteiger partial charge on any atom is 0.241 e. The lowest BCUT2D eigenvalue weighted by molar-refractivity contribution is -0.119. The Bertz CT molecular complexity index is 1270. The van der Waals surface area contributed by atoms with Crippen molar-refractivity contribution in [3.63, 3.8) is 0 Å². The van der Waals surface area contributed by atoms with Crippen LogP contribution in [-0.4, -0.2) is 60.1 Å². The molecule has 1 N–H and O–H groups in total. The highest BCUT2D eigenvalue weighted by molar-refractivity contribution is 5.96. The lowest BCUT2D eigenvalue weighted by Gasteiger charge is -2.36. The predicted octanol–water partition coefficient (Wildman–Crippen LogP) is 7.17. The number of carbonyl (C=O) groups excluding carboxylic acids is 1. The summed E-state index contributed by atoms with van der Waals surface area (Å²) in [7, 11) is 6.60. The predicted molar refractivity (Wildman–Crippen MR) is 174 cm³/mol. The van der Waals surface area contributed by atoms with Gasteiger partial charge in [-0.15, -0.1) is 0 Å². The molecular weight excluding hydrogens is 528 g/mol. The van der Waals surface area contributed by atoms with Crippen molar-refractivity contribution in [3.05, 3.63) is 90.2 Å². The first-order chi connectivity index (χ1) is 20.4. The third kappa shape index (κ3) is 10.9. The van der Waals surface area contributed by atoms with E-state index in [0.29, 0.717) is 19.7 Å². The molecule has 0 saturated carbocycles. The van der Waals surface area contributed by atoms with Crippen LogP contribution in [0.3, 0.4) is 0 Å². The van der Waals surface area contributed by atoms with Crippen molar-refractivity contribution in [2.24, 2.45) is 0 Å². The van der Waals surface area contributed by atoms with Crippen molar-refractivity contribution < 1.29 is 23.7 Å². The van der Waals surface area contributed by atoms with Crippen LogP contribution in [0.25, 0.3) is 10.8 Å². The first-order valence-corrected chi connectivity index (χ1v) is 14.5. The summed E-state index contributed by atoms with van der Waals surface area (Å²) in [5.41, 5.74) is 2.12. The highest BCUT2D eigenvalue weighted by Gasteiger charge is 2.29. The molecule has 0 unspecified atom stereocenters. The topological polar surface area (TPSA) is 69.3 Å². The van der Waals surface area contributed by atoms with E-state index in [1.54, 1.807) is 28.4 Å². The molecule has 1 aliphatic heterocycles. The number of anilines is 1. The summed E-state index contributed by atoms with van der Waals surface area (Å²) in [5, 5.41) is 5.50. The number of nitrogens with zero attached hydrogens (tertiary/aromatic N) is 1. The molecule has 1 saturated heterocycles. The quantitative estimate of drug-likeness (QED) is 0.336. The van der Waals surface area contributed by atoms with E-state index >= 15 is 0 Å². The monoisotopic (exact) mass is 576 g/mol. The fraction of sp³-hybridized carbons (Fsp3) is 0.400. The second-order valence-electron chi connectivity index (χ2n) is 9.92.